The maximum absolute atomic E-state index is 9.56. The van der Waals surface area contributed by atoms with Crippen LogP contribution in [0.1, 0.15) is 19.4 Å². The number of hydrogen-bond donors (Lipinski definition) is 1. The maximum atomic E-state index is 9.56. The van der Waals surface area contributed by atoms with Crippen LogP contribution in [0.3, 0.4) is 0 Å². The van der Waals surface area contributed by atoms with Crippen molar-refractivity contribution in [3.63, 3.8) is 0 Å². The summed E-state index contributed by atoms with van der Waals surface area (Å²) in [6.07, 6.45) is 0. The largest absolute Gasteiger partial charge is 0.288 e. The van der Waals surface area contributed by atoms with Crippen LogP contribution in [0.5, 0.6) is 0 Å². The zero-order chi connectivity index (χ0) is 9.14. The summed E-state index contributed by atoms with van der Waals surface area (Å²) >= 11 is 0. The minimum Gasteiger partial charge on any atom is -0.288 e. The van der Waals surface area contributed by atoms with E-state index in [4.69, 9.17) is 0 Å². The number of nitrogens with zero attached hydrogens (tertiary/aromatic N) is 1. The van der Waals surface area contributed by atoms with E-state index in [1.165, 1.54) is 5.06 Å². The Balaban J connectivity index is 2.88. The molecule has 0 aliphatic heterocycles. The summed E-state index contributed by atoms with van der Waals surface area (Å²) < 4.78 is 0. The molecule has 0 spiro atoms. The van der Waals surface area contributed by atoms with E-state index in [0.717, 1.165) is 11.3 Å². The highest BCUT2D eigenvalue weighted by molar-refractivity contribution is 5.46. The quantitative estimate of drug-likeness (QED) is 0.681. The monoisotopic (exact) mass is 165 g/mol. The van der Waals surface area contributed by atoms with Gasteiger partial charge in [0.2, 0.25) is 0 Å². The van der Waals surface area contributed by atoms with Gasteiger partial charge in [0.15, 0.2) is 0 Å². The summed E-state index contributed by atoms with van der Waals surface area (Å²) in [6, 6.07) is 7.92. The first kappa shape index (κ1) is 9.07. The van der Waals surface area contributed by atoms with Crippen molar-refractivity contribution >= 4 is 5.69 Å². The number of hydrogen-bond acceptors (Lipinski definition) is 2. The van der Waals surface area contributed by atoms with Crippen molar-refractivity contribution in [2.45, 2.75) is 26.8 Å². The van der Waals surface area contributed by atoms with Crippen molar-refractivity contribution in [1.29, 1.82) is 0 Å². The minimum absolute atomic E-state index is 0.117. The van der Waals surface area contributed by atoms with Crippen molar-refractivity contribution < 1.29 is 5.21 Å². The molecule has 2 heteroatoms. The second-order valence-corrected chi connectivity index (χ2v) is 3.28. The van der Waals surface area contributed by atoms with E-state index < -0.39 is 0 Å². The summed E-state index contributed by atoms with van der Waals surface area (Å²) in [5.41, 5.74) is 2.01. The molecule has 0 amide bonds. The molecule has 0 saturated carbocycles. The van der Waals surface area contributed by atoms with Gasteiger partial charge in [-0.2, -0.15) is 0 Å². The van der Waals surface area contributed by atoms with Crippen molar-refractivity contribution in [2.24, 2.45) is 0 Å². The van der Waals surface area contributed by atoms with E-state index in [-0.39, 0.29) is 6.04 Å². The first-order chi connectivity index (χ1) is 5.61. The van der Waals surface area contributed by atoms with Gasteiger partial charge in [0.25, 0.3) is 0 Å². The second kappa shape index (κ2) is 3.59. The third kappa shape index (κ3) is 1.98. The van der Waals surface area contributed by atoms with Gasteiger partial charge in [-0.3, -0.25) is 10.3 Å². The lowest BCUT2D eigenvalue weighted by Gasteiger charge is -2.21. The standard InChI is InChI=1S/C10H15NO/c1-8(2)11(12)10-6-4-5-9(3)7-10/h4-8,12H,1-3H3. The molecule has 0 fully saturated rings. The average molecular weight is 165 g/mol. The Hall–Kier alpha value is -1.02. The Bertz CT molecular complexity index is 258. The highest BCUT2D eigenvalue weighted by Crippen LogP contribution is 2.15. The van der Waals surface area contributed by atoms with Gasteiger partial charge in [-0.15, -0.1) is 0 Å². The van der Waals surface area contributed by atoms with Crippen LogP contribution < -0.4 is 5.06 Å². The molecule has 0 bridgehead atoms. The minimum atomic E-state index is 0.117. The smallest absolute Gasteiger partial charge is 0.0639 e. The molecule has 2 nitrogen and oxygen atoms in total. The molecular formula is C10H15NO. The fourth-order valence-electron chi connectivity index (χ4n) is 1.07. The molecule has 0 heterocycles. The lowest BCUT2D eigenvalue weighted by molar-refractivity contribution is 0.229. The number of rotatable bonds is 2. The van der Waals surface area contributed by atoms with E-state index in [9.17, 15) is 5.21 Å². The molecule has 0 unspecified atom stereocenters. The van der Waals surface area contributed by atoms with Gasteiger partial charge in [0.05, 0.1) is 11.7 Å². The molecular weight excluding hydrogens is 150 g/mol. The molecule has 0 saturated heterocycles. The third-order valence-corrected chi connectivity index (χ3v) is 1.76. The molecule has 1 N–H and O–H groups in total. The van der Waals surface area contributed by atoms with Crippen LogP contribution in [-0.4, -0.2) is 11.2 Å². The number of hydroxylamine groups is 1. The van der Waals surface area contributed by atoms with Crippen LogP contribution in [0.2, 0.25) is 0 Å². The summed E-state index contributed by atoms with van der Waals surface area (Å²) in [5.74, 6) is 0. The van der Waals surface area contributed by atoms with E-state index in [1.807, 2.05) is 45.0 Å². The van der Waals surface area contributed by atoms with E-state index in [0.29, 0.717) is 0 Å². The van der Waals surface area contributed by atoms with Gasteiger partial charge in [-0.1, -0.05) is 12.1 Å². The molecule has 66 valence electrons. The lowest BCUT2D eigenvalue weighted by atomic mass is 10.2. The molecule has 0 aliphatic rings. The molecule has 1 rings (SSSR count). The van der Waals surface area contributed by atoms with Crippen molar-refractivity contribution in [2.75, 3.05) is 5.06 Å². The fourth-order valence-corrected chi connectivity index (χ4v) is 1.07. The Morgan fingerprint density at radius 2 is 2.00 bits per heavy atom. The summed E-state index contributed by atoms with van der Waals surface area (Å²) in [6.45, 7) is 5.91. The van der Waals surface area contributed by atoms with Crippen LogP contribution in [-0.2, 0) is 0 Å². The first-order valence-electron chi connectivity index (χ1n) is 4.16. The predicted molar refractivity (Wildman–Crippen MR) is 50.6 cm³/mol. The van der Waals surface area contributed by atoms with Gasteiger partial charge in [0.1, 0.15) is 0 Å². The Kier molecular flexibility index (Phi) is 2.71. The summed E-state index contributed by atoms with van der Waals surface area (Å²) in [4.78, 5) is 0. The predicted octanol–water partition coefficient (Wildman–Crippen LogP) is 2.60. The summed E-state index contributed by atoms with van der Waals surface area (Å²) in [5, 5.41) is 10.8. The molecule has 1 aromatic rings. The Labute approximate surface area is 73.4 Å². The van der Waals surface area contributed by atoms with Crippen LogP contribution >= 0.6 is 0 Å². The normalized spacial score (nSPS) is 10.4. The van der Waals surface area contributed by atoms with Gasteiger partial charge < -0.3 is 0 Å². The zero-order valence-corrected chi connectivity index (χ0v) is 7.78. The van der Waals surface area contributed by atoms with Crippen LogP contribution in [0.15, 0.2) is 24.3 Å². The highest BCUT2D eigenvalue weighted by Gasteiger charge is 2.05. The molecule has 0 radical (unpaired) electrons. The van der Waals surface area contributed by atoms with Crippen LogP contribution in [0, 0.1) is 6.92 Å². The Morgan fingerprint density at radius 3 is 2.50 bits per heavy atom. The number of benzene rings is 1. The zero-order valence-electron chi connectivity index (χ0n) is 7.78. The van der Waals surface area contributed by atoms with Gasteiger partial charge in [-0.05, 0) is 38.5 Å². The lowest BCUT2D eigenvalue weighted by Crippen LogP contribution is -2.26. The molecule has 0 aliphatic carbocycles. The van der Waals surface area contributed by atoms with Crippen molar-refractivity contribution in [3.8, 4) is 0 Å². The van der Waals surface area contributed by atoms with Crippen molar-refractivity contribution in [3.05, 3.63) is 29.8 Å². The van der Waals surface area contributed by atoms with Crippen LogP contribution in [0.25, 0.3) is 0 Å². The highest BCUT2D eigenvalue weighted by atomic mass is 16.5. The number of aryl methyl sites for hydroxylation is 1. The van der Waals surface area contributed by atoms with E-state index >= 15 is 0 Å². The van der Waals surface area contributed by atoms with Gasteiger partial charge in [0, 0.05) is 0 Å². The van der Waals surface area contributed by atoms with E-state index in [1.54, 1.807) is 0 Å². The second-order valence-electron chi connectivity index (χ2n) is 3.28. The molecule has 12 heavy (non-hydrogen) atoms. The fraction of sp³-hybridized carbons (Fsp3) is 0.400. The Morgan fingerprint density at radius 1 is 1.33 bits per heavy atom. The summed E-state index contributed by atoms with van der Waals surface area (Å²) in [7, 11) is 0. The average Bonchev–Trinajstić information content (AvgIpc) is 2.03. The molecule has 0 atom stereocenters. The van der Waals surface area contributed by atoms with Gasteiger partial charge >= 0.3 is 0 Å². The topological polar surface area (TPSA) is 23.5 Å². The SMILES string of the molecule is Cc1cccc(N(O)C(C)C)c1. The molecule has 1 aromatic carbocycles. The van der Waals surface area contributed by atoms with Crippen LogP contribution in [0.4, 0.5) is 5.69 Å². The van der Waals surface area contributed by atoms with Gasteiger partial charge in [-0.25, -0.2) is 0 Å². The molecule has 0 aromatic heterocycles. The maximum Gasteiger partial charge on any atom is 0.0639 e. The third-order valence-electron chi connectivity index (χ3n) is 1.76. The first-order valence-corrected chi connectivity index (χ1v) is 4.16. The van der Waals surface area contributed by atoms with E-state index in [2.05, 4.69) is 0 Å². The number of anilines is 1. The van der Waals surface area contributed by atoms with Crippen molar-refractivity contribution in [1.82, 2.24) is 0 Å².